The molecule has 0 radical (unpaired) electrons. The Morgan fingerprint density at radius 1 is 1.26 bits per heavy atom. The van der Waals surface area contributed by atoms with E-state index in [-0.39, 0.29) is 12.1 Å². The van der Waals surface area contributed by atoms with Crippen molar-refractivity contribution in [3.05, 3.63) is 29.8 Å². The SMILES string of the molecule is CCOc1ccccc1CC1C(O)C2CCN1CC2. The summed E-state index contributed by atoms with van der Waals surface area (Å²) in [6.07, 6.45) is 3.04. The second-order valence-corrected chi connectivity index (χ2v) is 5.68. The van der Waals surface area contributed by atoms with E-state index in [1.54, 1.807) is 0 Å². The minimum atomic E-state index is -0.169. The monoisotopic (exact) mass is 261 g/mol. The van der Waals surface area contributed by atoms with Gasteiger partial charge in [0.25, 0.3) is 0 Å². The minimum Gasteiger partial charge on any atom is -0.494 e. The van der Waals surface area contributed by atoms with E-state index in [0.717, 1.165) is 38.1 Å². The molecule has 3 heteroatoms. The van der Waals surface area contributed by atoms with Gasteiger partial charge in [-0.1, -0.05) is 18.2 Å². The zero-order valence-corrected chi connectivity index (χ0v) is 11.6. The molecule has 0 saturated carbocycles. The highest BCUT2D eigenvalue weighted by Crippen LogP contribution is 2.35. The van der Waals surface area contributed by atoms with Crippen LogP contribution in [0.3, 0.4) is 0 Å². The summed E-state index contributed by atoms with van der Waals surface area (Å²) >= 11 is 0. The normalized spacial score (nSPS) is 33.4. The number of para-hydroxylation sites is 1. The molecule has 1 aromatic rings. The Hall–Kier alpha value is -1.06. The van der Waals surface area contributed by atoms with Crippen LogP contribution in [0.5, 0.6) is 5.75 Å². The smallest absolute Gasteiger partial charge is 0.122 e. The second kappa shape index (κ2) is 5.51. The fourth-order valence-electron chi connectivity index (χ4n) is 3.57. The van der Waals surface area contributed by atoms with Gasteiger partial charge in [0.05, 0.1) is 12.7 Å². The van der Waals surface area contributed by atoms with E-state index >= 15 is 0 Å². The van der Waals surface area contributed by atoms with Crippen LogP contribution in [0.15, 0.2) is 24.3 Å². The fraction of sp³-hybridized carbons (Fsp3) is 0.625. The average Bonchev–Trinajstić information content (AvgIpc) is 2.45. The summed E-state index contributed by atoms with van der Waals surface area (Å²) < 4.78 is 5.69. The van der Waals surface area contributed by atoms with Crippen molar-refractivity contribution in [2.24, 2.45) is 5.92 Å². The van der Waals surface area contributed by atoms with Crippen LogP contribution in [0.2, 0.25) is 0 Å². The van der Waals surface area contributed by atoms with Gasteiger partial charge in [0.1, 0.15) is 5.75 Å². The van der Waals surface area contributed by atoms with Gasteiger partial charge in [-0.15, -0.1) is 0 Å². The number of hydrogen-bond donors (Lipinski definition) is 1. The van der Waals surface area contributed by atoms with Crippen LogP contribution < -0.4 is 4.74 Å². The van der Waals surface area contributed by atoms with Crippen molar-refractivity contribution >= 4 is 0 Å². The molecule has 0 aliphatic carbocycles. The number of fused-ring (bicyclic) bond motifs is 3. The first-order valence-corrected chi connectivity index (χ1v) is 7.42. The minimum absolute atomic E-state index is 0.169. The van der Waals surface area contributed by atoms with E-state index in [1.807, 2.05) is 19.1 Å². The van der Waals surface area contributed by atoms with Gasteiger partial charge in [0, 0.05) is 6.04 Å². The predicted molar refractivity (Wildman–Crippen MR) is 75.4 cm³/mol. The Morgan fingerprint density at radius 3 is 2.68 bits per heavy atom. The maximum atomic E-state index is 10.5. The van der Waals surface area contributed by atoms with Crippen LogP contribution in [0, 0.1) is 5.92 Å². The van der Waals surface area contributed by atoms with Crippen LogP contribution in [0.1, 0.15) is 25.3 Å². The number of rotatable bonds is 4. The lowest BCUT2D eigenvalue weighted by atomic mass is 9.78. The third-order valence-electron chi connectivity index (χ3n) is 4.62. The quantitative estimate of drug-likeness (QED) is 0.901. The third kappa shape index (κ3) is 2.49. The molecule has 2 unspecified atom stereocenters. The molecule has 3 heterocycles. The van der Waals surface area contributed by atoms with Gasteiger partial charge in [-0.25, -0.2) is 0 Å². The average molecular weight is 261 g/mol. The van der Waals surface area contributed by atoms with Gasteiger partial charge >= 0.3 is 0 Å². The Morgan fingerprint density at radius 2 is 2.00 bits per heavy atom. The van der Waals surface area contributed by atoms with Crippen LogP contribution in [0.4, 0.5) is 0 Å². The predicted octanol–water partition coefficient (Wildman–Crippen LogP) is 2.08. The van der Waals surface area contributed by atoms with Crippen molar-refractivity contribution in [3.8, 4) is 5.75 Å². The summed E-state index contributed by atoms with van der Waals surface area (Å²) in [5.74, 6) is 1.48. The lowest BCUT2D eigenvalue weighted by Crippen LogP contribution is -2.58. The first-order chi connectivity index (χ1) is 9.29. The van der Waals surface area contributed by atoms with E-state index in [0.29, 0.717) is 12.5 Å². The summed E-state index contributed by atoms with van der Waals surface area (Å²) in [6.45, 7) is 4.99. The first-order valence-electron chi connectivity index (χ1n) is 7.42. The molecule has 4 rings (SSSR count). The summed E-state index contributed by atoms with van der Waals surface area (Å²) in [7, 11) is 0. The molecule has 1 N–H and O–H groups in total. The number of piperidine rings is 3. The van der Waals surface area contributed by atoms with Gasteiger partial charge < -0.3 is 9.84 Å². The fourth-order valence-corrected chi connectivity index (χ4v) is 3.57. The summed E-state index contributed by atoms with van der Waals surface area (Å²) in [5.41, 5.74) is 1.22. The number of nitrogens with zero attached hydrogens (tertiary/aromatic N) is 1. The zero-order valence-electron chi connectivity index (χ0n) is 11.6. The third-order valence-corrected chi connectivity index (χ3v) is 4.62. The lowest BCUT2D eigenvalue weighted by molar-refractivity contribution is -0.0716. The van der Waals surface area contributed by atoms with E-state index in [1.165, 1.54) is 5.56 Å². The number of aliphatic hydroxyl groups is 1. The Balaban J connectivity index is 1.77. The van der Waals surface area contributed by atoms with E-state index in [4.69, 9.17) is 4.74 Å². The lowest BCUT2D eigenvalue weighted by Gasteiger charge is -2.49. The Kier molecular flexibility index (Phi) is 3.76. The van der Waals surface area contributed by atoms with Crippen molar-refractivity contribution in [2.45, 2.75) is 38.3 Å². The van der Waals surface area contributed by atoms with Gasteiger partial charge in [0.15, 0.2) is 0 Å². The number of hydrogen-bond acceptors (Lipinski definition) is 3. The molecule has 3 aliphatic heterocycles. The molecule has 0 amide bonds. The molecule has 2 atom stereocenters. The number of ether oxygens (including phenoxy) is 1. The molecule has 3 saturated heterocycles. The van der Waals surface area contributed by atoms with Gasteiger partial charge in [-0.3, -0.25) is 4.90 Å². The molecular weight excluding hydrogens is 238 g/mol. The number of aliphatic hydroxyl groups excluding tert-OH is 1. The highest BCUT2D eigenvalue weighted by Gasteiger charge is 2.41. The van der Waals surface area contributed by atoms with Gasteiger partial charge in [-0.2, -0.15) is 0 Å². The van der Waals surface area contributed by atoms with Gasteiger partial charge in [-0.05, 0) is 56.8 Å². The topological polar surface area (TPSA) is 32.7 Å². The zero-order chi connectivity index (χ0) is 13.2. The van der Waals surface area contributed by atoms with Crippen molar-refractivity contribution in [3.63, 3.8) is 0 Å². The number of benzene rings is 1. The Bertz CT molecular complexity index is 425. The van der Waals surface area contributed by atoms with Crippen LogP contribution in [-0.2, 0) is 6.42 Å². The first kappa shape index (κ1) is 12.9. The maximum Gasteiger partial charge on any atom is 0.122 e. The van der Waals surface area contributed by atoms with Crippen molar-refractivity contribution in [1.29, 1.82) is 0 Å². The van der Waals surface area contributed by atoms with E-state index in [2.05, 4.69) is 17.0 Å². The second-order valence-electron chi connectivity index (χ2n) is 5.68. The highest BCUT2D eigenvalue weighted by molar-refractivity contribution is 5.34. The van der Waals surface area contributed by atoms with Crippen molar-refractivity contribution in [2.75, 3.05) is 19.7 Å². The van der Waals surface area contributed by atoms with Crippen LogP contribution in [-0.4, -0.2) is 41.8 Å². The van der Waals surface area contributed by atoms with E-state index in [9.17, 15) is 5.11 Å². The molecule has 3 fully saturated rings. The van der Waals surface area contributed by atoms with Crippen molar-refractivity contribution in [1.82, 2.24) is 4.90 Å². The molecule has 0 spiro atoms. The highest BCUT2D eigenvalue weighted by atomic mass is 16.5. The molecule has 1 aromatic carbocycles. The molecule has 0 aromatic heterocycles. The van der Waals surface area contributed by atoms with Gasteiger partial charge in [0.2, 0.25) is 0 Å². The largest absolute Gasteiger partial charge is 0.494 e. The molecule has 2 bridgehead atoms. The molecular formula is C16H23NO2. The van der Waals surface area contributed by atoms with Crippen LogP contribution >= 0.6 is 0 Å². The summed E-state index contributed by atoms with van der Waals surface area (Å²) in [4.78, 5) is 2.45. The van der Waals surface area contributed by atoms with Crippen molar-refractivity contribution < 1.29 is 9.84 Å². The Labute approximate surface area is 115 Å². The standard InChI is InChI=1S/C16H23NO2/c1-2-19-15-6-4-3-5-13(15)11-14-16(18)12-7-9-17(14)10-8-12/h3-6,12,14,16,18H,2,7-11H2,1H3. The summed E-state index contributed by atoms with van der Waals surface area (Å²) in [6, 6.07) is 8.50. The molecule has 3 aliphatic rings. The molecule has 3 nitrogen and oxygen atoms in total. The molecule has 104 valence electrons. The van der Waals surface area contributed by atoms with Crippen LogP contribution in [0.25, 0.3) is 0 Å². The maximum absolute atomic E-state index is 10.5. The molecule has 19 heavy (non-hydrogen) atoms. The van der Waals surface area contributed by atoms with E-state index < -0.39 is 0 Å². The summed E-state index contributed by atoms with van der Waals surface area (Å²) in [5, 5.41) is 10.5.